The van der Waals surface area contributed by atoms with Gasteiger partial charge in [-0.25, -0.2) is 18.7 Å². The minimum Gasteiger partial charge on any atom is -0.389 e. The van der Waals surface area contributed by atoms with Crippen LogP contribution in [0.5, 0.6) is 0 Å². The molecule has 12 heteroatoms. The molecular weight excluding hydrogens is 546 g/mol. The van der Waals surface area contributed by atoms with Crippen LogP contribution in [-0.4, -0.2) is 76.1 Å². The minimum atomic E-state index is -0.603. The number of nitrogen functional groups attached to an aromatic ring is 1. The lowest BCUT2D eigenvalue weighted by atomic mass is 9.94. The zero-order chi connectivity index (χ0) is 28.6. The van der Waals surface area contributed by atoms with Crippen molar-refractivity contribution in [3.63, 3.8) is 0 Å². The van der Waals surface area contributed by atoms with E-state index >= 15 is 4.39 Å². The van der Waals surface area contributed by atoms with Gasteiger partial charge in [-0.2, -0.15) is 5.26 Å². The second-order valence-electron chi connectivity index (χ2n) is 11.4. The summed E-state index contributed by atoms with van der Waals surface area (Å²) in [6, 6.07) is 3.39. The number of hydrogen-bond donors (Lipinski definition) is 1. The van der Waals surface area contributed by atoms with Crippen LogP contribution in [0.2, 0.25) is 0 Å². The number of piperazine rings is 1. The van der Waals surface area contributed by atoms with Crippen molar-refractivity contribution in [3.05, 3.63) is 40.7 Å². The van der Waals surface area contributed by atoms with Gasteiger partial charge in [-0.3, -0.25) is 14.8 Å². The first-order chi connectivity index (χ1) is 19.8. The smallest absolute Gasteiger partial charge is 0.226 e. The average Bonchev–Trinajstić information content (AvgIpc) is 3.71. The number of halogens is 2. The van der Waals surface area contributed by atoms with Crippen molar-refractivity contribution in [1.29, 1.82) is 5.26 Å². The Morgan fingerprint density at radius 1 is 1.10 bits per heavy atom. The summed E-state index contributed by atoms with van der Waals surface area (Å²) in [6.07, 6.45) is 3.73. The molecule has 0 saturated carbocycles. The molecule has 0 unspecified atom stereocenters. The Kier molecular flexibility index (Phi) is 6.31. The van der Waals surface area contributed by atoms with Gasteiger partial charge in [0.15, 0.2) is 11.6 Å². The summed E-state index contributed by atoms with van der Waals surface area (Å²) in [6.45, 7) is 8.55. The van der Waals surface area contributed by atoms with Gasteiger partial charge >= 0.3 is 0 Å². The number of hydrogen-bond acceptors (Lipinski definition) is 10. The van der Waals surface area contributed by atoms with Gasteiger partial charge in [0.1, 0.15) is 16.6 Å². The van der Waals surface area contributed by atoms with Crippen molar-refractivity contribution in [1.82, 2.24) is 24.8 Å². The van der Waals surface area contributed by atoms with E-state index in [4.69, 9.17) is 15.5 Å². The zero-order valence-corrected chi connectivity index (χ0v) is 23.9. The van der Waals surface area contributed by atoms with E-state index in [2.05, 4.69) is 51.6 Å². The number of aromatic nitrogens is 3. The van der Waals surface area contributed by atoms with Crippen molar-refractivity contribution < 1.29 is 13.5 Å². The first-order valence-corrected chi connectivity index (χ1v) is 14.6. The number of anilines is 2. The second-order valence-corrected chi connectivity index (χ2v) is 12.4. The maximum atomic E-state index is 16.6. The Balaban J connectivity index is 1.31. The number of ether oxygens (including phenoxy) is 1. The lowest BCUT2D eigenvalue weighted by molar-refractivity contribution is 0.0388. The highest BCUT2D eigenvalue weighted by molar-refractivity contribution is 7.23. The maximum absolute atomic E-state index is 16.6. The highest BCUT2D eigenvalue weighted by Crippen LogP contribution is 2.45. The number of nitrogens with two attached hydrogens (primary N) is 1. The molecule has 41 heavy (non-hydrogen) atoms. The monoisotopic (exact) mass is 576 g/mol. The molecule has 0 aliphatic carbocycles. The fourth-order valence-electron chi connectivity index (χ4n) is 6.66. The van der Waals surface area contributed by atoms with E-state index in [-0.39, 0.29) is 50.6 Å². The highest BCUT2D eigenvalue weighted by atomic mass is 32.1. The van der Waals surface area contributed by atoms with Gasteiger partial charge < -0.3 is 15.4 Å². The summed E-state index contributed by atoms with van der Waals surface area (Å²) >= 11 is 0.961. The number of rotatable bonds is 3. The molecule has 0 amide bonds. The third-order valence-electron chi connectivity index (χ3n) is 9.08. The molecule has 4 aromatic rings. The number of nitriles is 1. The molecule has 6 heterocycles. The minimum absolute atomic E-state index is 0.0955. The SMILES string of the molecule is C[C@@H]1CN([C@@H]2CCN(c3ncc4c5c(c(-c6ncc(F)c7sc(N)c(C#N)c67)c(F)c4n3)COC5)C2)C[C@@H](C)N1C. The first kappa shape index (κ1) is 26.4. The Labute approximate surface area is 240 Å². The van der Waals surface area contributed by atoms with Crippen LogP contribution in [-0.2, 0) is 18.0 Å². The molecule has 0 spiro atoms. The Bertz CT molecular complexity index is 1740. The summed E-state index contributed by atoms with van der Waals surface area (Å²) < 4.78 is 37.3. The molecule has 3 atom stereocenters. The van der Waals surface area contributed by atoms with Crippen LogP contribution in [0.3, 0.4) is 0 Å². The summed E-state index contributed by atoms with van der Waals surface area (Å²) in [5.41, 5.74) is 8.05. The van der Waals surface area contributed by atoms with Crippen molar-refractivity contribution in [2.75, 3.05) is 43.9 Å². The average molecular weight is 577 g/mol. The van der Waals surface area contributed by atoms with E-state index in [9.17, 15) is 9.65 Å². The fourth-order valence-corrected chi connectivity index (χ4v) is 7.58. The second kappa shape index (κ2) is 9.80. The molecule has 2 fully saturated rings. The van der Waals surface area contributed by atoms with E-state index in [0.29, 0.717) is 35.0 Å². The molecule has 3 aliphatic rings. The third kappa shape index (κ3) is 4.06. The molecule has 2 N–H and O–H groups in total. The van der Waals surface area contributed by atoms with Crippen LogP contribution in [0.25, 0.3) is 32.2 Å². The van der Waals surface area contributed by atoms with Crippen molar-refractivity contribution >= 4 is 43.3 Å². The Morgan fingerprint density at radius 2 is 1.85 bits per heavy atom. The van der Waals surface area contributed by atoms with Gasteiger partial charge in [-0.15, -0.1) is 11.3 Å². The summed E-state index contributed by atoms with van der Waals surface area (Å²) in [4.78, 5) is 20.8. The van der Waals surface area contributed by atoms with E-state index in [1.807, 2.05) is 0 Å². The standard InChI is InChI=1S/C29H30F2N8OS/c1-14-9-39(10-15(2)37(14)3)16-4-5-38(11-16)29-35-7-18-19-12-40-13-20(19)22(24(31)25(18)36-29)26-23-17(6-32)28(33)41-27(23)21(30)8-34-26/h7-8,14-16H,4-5,9-13,33H2,1-3H3/t14-,15-,16-/m1/s1. The topological polar surface area (TPSA) is 107 Å². The lowest BCUT2D eigenvalue weighted by Gasteiger charge is -2.44. The van der Waals surface area contributed by atoms with E-state index < -0.39 is 11.6 Å². The maximum Gasteiger partial charge on any atom is 0.226 e. The van der Waals surface area contributed by atoms with Crippen molar-refractivity contribution in [3.8, 4) is 17.3 Å². The Hall–Kier alpha value is -3.50. The van der Waals surface area contributed by atoms with Gasteiger partial charge in [0, 0.05) is 66.8 Å². The van der Waals surface area contributed by atoms with Crippen LogP contribution in [0.1, 0.15) is 37.0 Å². The van der Waals surface area contributed by atoms with E-state index in [0.717, 1.165) is 55.7 Å². The molecule has 212 valence electrons. The fraction of sp³-hybridized carbons (Fsp3) is 0.448. The van der Waals surface area contributed by atoms with Crippen LogP contribution in [0, 0.1) is 23.0 Å². The van der Waals surface area contributed by atoms with Crippen LogP contribution >= 0.6 is 11.3 Å². The number of thiophene rings is 1. The molecular formula is C29H30F2N8OS. The summed E-state index contributed by atoms with van der Waals surface area (Å²) in [5.74, 6) is -0.707. The summed E-state index contributed by atoms with van der Waals surface area (Å²) in [5, 5.41) is 10.8. The normalized spacial score (nSPS) is 23.5. The first-order valence-electron chi connectivity index (χ1n) is 13.8. The van der Waals surface area contributed by atoms with Crippen LogP contribution in [0.15, 0.2) is 12.4 Å². The van der Waals surface area contributed by atoms with E-state index in [1.165, 1.54) is 0 Å². The van der Waals surface area contributed by atoms with Gasteiger partial charge in [0.25, 0.3) is 0 Å². The lowest BCUT2D eigenvalue weighted by Crippen LogP contribution is -2.57. The molecule has 3 aromatic heterocycles. The number of pyridine rings is 1. The van der Waals surface area contributed by atoms with Crippen LogP contribution < -0.4 is 10.6 Å². The van der Waals surface area contributed by atoms with E-state index in [1.54, 1.807) is 6.20 Å². The highest BCUT2D eigenvalue weighted by Gasteiger charge is 2.36. The van der Waals surface area contributed by atoms with Gasteiger partial charge in [0.05, 0.1) is 35.4 Å². The van der Waals surface area contributed by atoms with Gasteiger partial charge in [-0.05, 0) is 38.4 Å². The molecule has 0 bridgehead atoms. The molecule has 0 radical (unpaired) electrons. The third-order valence-corrected chi connectivity index (χ3v) is 10.1. The number of benzene rings is 1. The molecule has 9 nitrogen and oxygen atoms in total. The predicted molar refractivity (Wildman–Crippen MR) is 155 cm³/mol. The van der Waals surface area contributed by atoms with Gasteiger partial charge in [0.2, 0.25) is 5.95 Å². The predicted octanol–water partition coefficient (Wildman–Crippen LogP) is 4.27. The Morgan fingerprint density at radius 3 is 2.61 bits per heavy atom. The van der Waals surface area contributed by atoms with Crippen molar-refractivity contribution in [2.24, 2.45) is 0 Å². The molecule has 3 aliphatic heterocycles. The van der Waals surface area contributed by atoms with Gasteiger partial charge in [-0.1, -0.05) is 0 Å². The van der Waals surface area contributed by atoms with Crippen molar-refractivity contribution in [2.45, 2.75) is 51.6 Å². The molecule has 2 saturated heterocycles. The van der Waals surface area contributed by atoms with Crippen LogP contribution in [0.4, 0.5) is 19.7 Å². The largest absolute Gasteiger partial charge is 0.389 e. The quantitative estimate of drug-likeness (QED) is 0.383. The summed E-state index contributed by atoms with van der Waals surface area (Å²) in [7, 11) is 2.18. The number of fused-ring (bicyclic) bond motifs is 4. The number of nitrogens with zero attached hydrogens (tertiary/aromatic N) is 7. The molecule has 7 rings (SSSR count). The molecule has 1 aromatic carbocycles. The zero-order valence-electron chi connectivity index (χ0n) is 23.1. The number of likely N-dealkylation sites (N-methyl/N-ethyl adjacent to an activating group) is 1.